The molecule has 88 valence electrons. The lowest BCUT2D eigenvalue weighted by atomic mass is 10.1. The van der Waals surface area contributed by atoms with E-state index in [4.69, 9.17) is 0 Å². The number of hydrogen-bond donors (Lipinski definition) is 1. The van der Waals surface area contributed by atoms with Crippen LogP contribution in [0.15, 0.2) is 53.0 Å². The van der Waals surface area contributed by atoms with Crippen LogP contribution in [0.25, 0.3) is 0 Å². The van der Waals surface area contributed by atoms with Crippen molar-refractivity contribution in [1.82, 2.24) is 5.32 Å². The summed E-state index contributed by atoms with van der Waals surface area (Å²) < 4.78 is 1.18. The smallest absolute Gasteiger partial charge is 0.0222 e. The topological polar surface area (TPSA) is 12.0 Å². The van der Waals surface area contributed by atoms with Gasteiger partial charge in [0.2, 0.25) is 0 Å². The van der Waals surface area contributed by atoms with E-state index < -0.39 is 0 Å². The molecule has 0 bridgehead atoms. The maximum absolute atomic E-state index is 3.59. The predicted octanol–water partition coefficient (Wildman–Crippen LogP) is 4.05. The highest BCUT2D eigenvalue weighted by Gasteiger charge is 1.99. The molecule has 2 aromatic rings. The van der Waals surface area contributed by atoms with Crippen LogP contribution >= 0.6 is 15.9 Å². The average Bonchev–Trinajstić information content (AvgIpc) is 2.33. The van der Waals surface area contributed by atoms with Gasteiger partial charge in [-0.1, -0.05) is 58.4 Å². The highest BCUT2D eigenvalue weighted by atomic mass is 79.9. The monoisotopic (exact) mass is 289 g/mol. The first-order chi connectivity index (χ1) is 8.25. The predicted molar refractivity (Wildman–Crippen MR) is 75.9 cm³/mol. The molecule has 2 heteroatoms. The van der Waals surface area contributed by atoms with Gasteiger partial charge in [0.1, 0.15) is 0 Å². The summed E-state index contributed by atoms with van der Waals surface area (Å²) in [5, 5.41) is 3.45. The minimum Gasteiger partial charge on any atom is -0.309 e. The van der Waals surface area contributed by atoms with Crippen molar-refractivity contribution in [1.29, 1.82) is 0 Å². The Labute approximate surface area is 111 Å². The summed E-state index contributed by atoms with van der Waals surface area (Å²) in [5.41, 5.74) is 3.89. The maximum Gasteiger partial charge on any atom is 0.0222 e. The molecule has 17 heavy (non-hydrogen) atoms. The molecule has 2 aromatic carbocycles. The van der Waals surface area contributed by atoms with E-state index >= 15 is 0 Å². The number of hydrogen-bond acceptors (Lipinski definition) is 1. The van der Waals surface area contributed by atoms with E-state index in [1.54, 1.807) is 0 Å². The molecule has 0 aliphatic rings. The average molecular weight is 290 g/mol. The Balaban J connectivity index is 1.90. The molecule has 0 aromatic heterocycles. The molecule has 1 N–H and O–H groups in total. The molecular weight excluding hydrogens is 274 g/mol. The molecular formula is C15H16BrN. The Morgan fingerprint density at radius 3 is 2.47 bits per heavy atom. The second kappa shape index (κ2) is 5.99. The second-order valence-electron chi connectivity index (χ2n) is 4.18. The van der Waals surface area contributed by atoms with E-state index in [0.29, 0.717) is 0 Å². The van der Waals surface area contributed by atoms with Gasteiger partial charge in [0, 0.05) is 17.6 Å². The first-order valence-corrected chi connectivity index (χ1v) is 6.54. The zero-order valence-corrected chi connectivity index (χ0v) is 11.5. The van der Waals surface area contributed by atoms with Gasteiger partial charge in [-0.05, 0) is 29.7 Å². The van der Waals surface area contributed by atoms with E-state index in [0.717, 1.165) is 13.1 Å². The fourth-order valence-corrected chi connectivity index (χ4v) is 2.37. The lowest BCUT2D eigenvalue weighted by molar-refractivity contribution is 0.691. The van der Waals surface area contributed by atoms with Gasteiger partial charge in [0.25, 0.3) is 0 Å². The molecule has 1 nitrogen and oxygen atoms in total. The lowest BCUT2D eigenvalue weighted by Crippen LogP contribution is -2.12. The molecule has 0 atom stereocenters. The first-order valence-electron chi connectivity index (χ1n) is 5.75. The summed E-state index contributed by atoms with van der Waals surface area (Å²) in [4.78, 5) is 0. The van der Waals surface area contributed by atoms with Crippen molar-refractivity contribution >= 4 is 15.9 Å². The molecule has 0 amide bonds. The van der Waals surface area contributed by atoms with Crippen LogP contribution in [0.2, 0.25) is 0 Å². The summed E-state index contributed by atoms with van der Waals surface area (Å²) in [5.74, 6) is 0. The minimum absolute atomic E-state index is 0.885. The summed E-state index contributed by atoms with van der Waals surface area (Å²) in [7, 11) is 0. The highest BCUT2D eigenvalue weighted by Crippen LogP contribution is 2.18. The number of nitrogens with one attached hydrogen (secondary N) is 1. The maximum atomic E-state index is 3.59. The van der Waals surface area contributed by atoms with Gasteiger partial charge in [-0.25, -0.2) is 0 Å². The third-order valence-corrected chi connectivity index (χ3v) is 3.43. The molecule has 0 saturated carbocycles. The van der Waals surface area contributed by atoms with Crippen molar-refractivity contribution in [3.8, 4) is 0 Å². The molecule has 0 fully saturated rings. The van der Waals surface area contributed by atoms with Crippen LogP contribution in [0, 0.1) is 6.92 Å². The Kier molecular flexibility index (Phi) is 4.35. The Morgan fingerprint density at radius 1 is 1.00 bits per heavy atom. The van der Waals surface area contributed by atoms with Crippen molar-refractivity contribution in [3.63, 3.8) is 0 Å². The summed E-state index contributed by atoms with van der Waals surface area (Å²) in [6.45, 7) is 3.89. The van der Waals surface area contributed by atoms with E-state index in [-0.39, 0.29) is 0 Å². The van der Waals surface area contributed by atoms with Gasteiger partial charge < -0.3 is 5.32 Å². The summed E-state index contributed by atoms with van der Waals surface area (Å²) in [6, 6.07) is 16.9. The van der Waals surface area contributed by atoms with Gasteiger partial charge in [-0.15, -0.1) is 0 Å². The van der Waals surface area contributed by atoms with Crippen LogP contribution in [0.4, 0.5) is 0 Å². The zero-order chi connectivity index (χ0) is 12.1. The largest absolute Gasteiger partial charge is 0.309 e. The van der Waals surface area contributed by atoms with Crippen molar-refractivity contribution < 1.29 is 0 Å². The van der Waals surface area contributed by atoms with E-state index in [9.17, 15) is 0 Å². The Morgan fingerprint density at radius 2 is 1.76 bits per heavy atom. The number of rotatable bonds is 4. The Hall–Kier alpha value is -1.12. The van der Waals surface area contributed by atoms with Crippen molar-refractivity contribution in [2.75, 3.05) is 0 Å². The van der Waals surface area contributed by atoms with E-state index in [1.165, 1.54) is 21.2 Å². The fourth-order valence-electron chi connectivity index (χ4n) is 1.73. The minimum atomic E-state index is 0.885. The van der Waals surface area contributed by atoms with Crippen LogP contribution in [0.1, 0.15) is 16.7 Å². The van der Waals surface area contributed by atoms with Crippen molar-refractivity contribution in [3.05, 3.63) is 69.7 Å². The molecule has 0 unspecified atom stereocenters. The normalized spacial score (nSPS) is 10.5. The van der Waals surface area contributed by atoms with Gasteiger partial charge in [0.15, 0.2) is 0 Å². The molecule has 0 heterocycles. The Bertz CT molecular complexity index is 480. The molecule has 0 spiro atoms. The summed E-state index contributed by atoms with van der Waals surface area (Å²) >= 11 is 3.59. The number of halogens is 1. The zero-order valence-electron chi connectivity index (χ0n) is 9.91. The molecule has 0 aliphatic heterocycles. The van der Waals surface area contributed by atoms with Crippen LogP contribution < -0.4 is 5.32 Å². The number of aryl methyl sites for hydroxylation is 1. The van der Waals surface area contributed by atoms with Gasteiger partial charge >= 0.3 is 0 Å². The second-order valence-corrected chi connectivity index (χ2v) is 5.04. The lowest BCUT2D eigenvalue weighted by Gasteiger charge is -2.07. The standard InChI is InChI=1S/C15H16BrN/c1-12-7-8-14(15(16)9-12)11-17-10-13-5-3-2-4-6-13/h2-9,17H,10-11H2,1H3. The first kappa shape index (κ1) is 12.3. The van der Waals surface area contributed by atoms with Crippen molar-refractivity contribution in [2.45, 2.75) is 20.0 Å². The number of benzene rings is 2. The van der Waals surface area contributed by atoms with Gasteiger partial charge in [-0.2, -0.15) is 0 Å². The van der Waals surface area contributed by atoms with Crippen LogP contribution in [0.5, 0.6) is 0 Å². The van der Waals surface area contributed by atoms with Gasteiger partial charge in [-0.3, -0.25) is 0 Å². The van der Waals surface area contributed by atoms with Crippen molar-refractivity contribution in [2.24, 2.45) is 0 Å². The third-order valence-electron chi connectivity index (χ3n) is 2.70. The molecule has 0 radical (unpaired) electrons. The van der Waals surface area contributed by atoms with Gasteiger partial charge in [0.05, 0.1) is 0 Å². The molecule has 2 rings (SSSR count). The van der Waals surface area contributed by atoms with Crippen LogP contribution in [-0.4, -0.2) is 0 Å². The third kappa shape index (κ3) is 3.69. The molecule has 0 aliphatic carbocycles. The highest BCUT2D eigenvalue weighted by molar-refractivity contribution is 9.10. The SMILES string of the molecule is Cc1ccc(CNCc2ccccc2)c(Br)c1. The van der Waals surface area contributed by atoms with E-state index in [1.807, 2.05) is 6.07 Å². The van der Waals surface area contributed by atoms with Crippen LogP contribution in [-0.2, 0) is 13.1 Å². The fraction of sp³-hybridized carbons (Fsp3) is 0.200. The van der Waals surface area contributed by atoms with E-state index in [2.05, 4.69) is 70.6 Å². The van der Waals surface area contributed by atoms with Crippen LogP contribution in [0.3, 0.4) is 0 Å². The molecule has 0 saturated heterocycles. The summed E-state index contributed by atoms with van der Waals surface area (Å²) in [6.07, 6.45) is 0. The quantitative estimate of drug-likeness (QED) is 0.896.